The summed E-state index contributed by atoms with van der Waals surface area (Å²) in [6.45, 7) is -0.521. The number of rotatable bonds is 12. The largest absolute Gasteiger partial charge is 0.352 e. The third kappa shape index (κ3) is 8.17. The third-order valence-corrected chi connectivity index (χ3v) is 9.37. The summed E-state index contributed by atoms with van der Waals surface area (Å²) in [5.74, 6) is -1.25. The molecule has 1 atom stereocenters. The van der Waals surface area contributed by atoms with Gasteiger partial charge in [-0.1, -0.05) is 79.9 Å². The molecule has 1 aliphatic carbocycles. The van der Waals surface area contributed by atoms with Crippen LogP contribution < -0.4 is 9.62 Å². The van der Waals surface area contributed by atoms with E-state index in [-0.39, 0.29) is 24.9 Å². The van der Waals surface area contributed by atoms with Gasteiger partial charge in [0.1, 0.15) is 18.4 Å². The first kappa shape index (κ1) is 31.2. The fraction of sp³-hybridized carbons (Fsp3) is 0.375. The third-order valence-electron chi connectivity index (χ3n) is 7.55. The van der Waals surface area contributed by atoms with Gasteiger partial charge in [0.05, 0.1) is 5.69 Å². The number of carbonyl (C=O) groups is 2. The van der Waals surface area contributed by atoms with Crippen molar-refractivity contribution in [3.63, 3.8) is 0 Å². The Labute approximate surface area is 248 Å². The highest BCUT2D eigenvalue weighted by atomic mass is 32.2. The summed E-state index contributed by atoms with van der Waals surface area (Å²) < 4.78 is 42.7. The predicted octanol–water partition coefficient (Wildman–Crippen LogP) is 4.53. The van der Waals surface area contributed by atoms with Gasteiger partial charge in [0, 0.05) is 33.1 Å². The first-order chi connectivity index (χ1) is 20.1. The minimum absolute atomic E-state index is 0.000653. The molecule has 1 aliphatic rings. The molecule has 42 heavy (non-hydrogen) atoms. The van der Waals surface area contributed by atoms with Crippen LogP contribution in [0.5, 0.6) is 0 Å². The van der Waals surface area contributed by atoms with E-state index in [1.165, 1.54) is 31.1 Å². The van der Waals surface area contributed by atoms with Crippen molar-refractivity contribution in [2.24, 2.45) is 0 Å². The second kappa shape index (κ2) is 14.4. The zero-order chi connectivity index (χ0) is 30.1. The molecule has 4 rings (SSSR count). The molecule has 0 saturated heterocycles. The quantitative estimate of drug-likeness (QED) is 0.334. The van der Waals surface area contributed by atoms with E-state index < -0.39 is 34.5 Å². The smallest absolute Gasteiger partial charge is 0.304 e. The predicted molar refractivity (Wildman–Crippen MR) is 162 cm³/mol. The SMILES string of the molecule is CN(C)S(=O)(=O)N(CC(=O)N(Cc1ccc(F)cc1)[C@@H](Cc1ccccc1)C(=O)NC1CCCCC1)c1ccccc1. The molecule has 0 aliphatic heterocycles. The lowest BCUT2D eigenvalue weighted by molar-refractivity contribution is -0.140. The van der Waals surface area contributed by atoms with Crippen molar-refractivity contribution in [2.75, 3.05) is 24.9 Å². The summed E-state index contributed by atoms with van der Waals surface area (Å²) in [6.07, 6.45) is 5.17. The van der Waals surface area contributed by atoms with Crippen LogP contribution in [-0.2, 0) is 32.8 Å². The molecule has 0 spiro atoms. The molecule has 3 aromatic rings. The van der Waals surface area contributed by atoms with Gasteiger partial charge in [0.15, 0.2) is 0 Å². The molecule has 0 radical (unpaired) electrons. The number of para-hydroxylation sites is 1. The van der Waals surface area contributed by atoms with Crippen molar-refractivity contribution in [3.05, 3.63) is 102 Å². The standard InChI is InChI=1S/C32H39FN4O4S/c1-35(2)42(40,41)37(29-16-10-5-11-17-29)24-31(38)36(23-26-18-20-27(33)21-19-26)30(22-25-12-6-3-7-13-25)32(39)34-28-14-8-4-9-15-28/h3,5-7,10-13,16-21,28,30H,4,8-9,14-15,22-24H2,1-2H3,(H,34,39)/t30-/m0/s1. The van der Waals surface area contributed by atoms with Gasteiger partial charge in [0.25, 0.3) is 0 Å². The molecule has 0 heterocycles. The highest BCUT2D eigenvalue weighted by Crippen LogP contribution is 2.23. The Hall–Kier alpha value is -3.76. The van der Waals surface area contributed by atoms with Crippen molar-refractivity contribution in [1.29, 1.82) is 0 Å². The molecule has 0 aromatic heterocycles. The van der Waals surface area contributed by atoms with Crippen LogP contribution in [0.1, 0.15) is 43.2 Å². The van der Waals surface area contributed by atoms with E-state index in [0.29, 0.717) is 11.3 Å². The average Bonchev–Trinajstić information content (AvgIpc) is 2.99. The van der Waals surface area contributed by atoms with Crippen LogP contribution in [0, 0.1) is 5.82 Å². The summed E-state index contributed by atoms with van der Waals surface area (Å²) in [6, 6.07) is 22.7. The second-order valence-electron chi connectivity index (χ2n) is 10.8. The molecule has 1 N–H and O–H groups in total. The van der Waals surface area contributed by atoms with Gasteiger partial charge >= 0.3 is 10.2 Å². The monoisotopic (exact) mass is 594 g/mol. The Morgan fingerprint density at radius 2 is 1.45 bits per heavy atom. The molecule has 0 bridgehead atoms. The lowest BCUT2D eigenvalue weighted by Gasteiger charge is -2.35. The van der Waals surface area contributed by atoms with E-state index in [4.69, 9.17) is 0 Å². The van der Waals surface area contributed by atoms with Gasteiger partial charge in [-0.2, -0.15) is 12.7 Å². The first-order valence-corrected chi connectivity index (χ1v) is 15.7. The number of halogens is 1. The van der Waals surface area contributed by atoms with E-state index in [0.717, 1.165) is 46.3 Å². The van der Waals surface area contributed by atoms with E-state index in [1.54, 1.807) is 42.5 Å². The van der Waals surface area contributed by atoms with Crippen molar-refractivity contribution in [1.82, 2.24) is 14.5 Å². The van der Waals surface area contributed by atoms with Crippen molar-refractivity contribution >= 4 is 27.7 Å². The topological polar surface area (TPSA) is 90.0 Å². The van der Waals surface area contributed by atoms with Crippen LogP contribution in [0.4, 0.5) is 10.1 Å². The average molecular weight is 595 g/mol. The number of amides is 2. The molecule has 3 aromatic carbocycles. The zero-order valence-electron chi connectivity index (χ0n) is 24.2. The fourth-order valence-electron chi connectivity index (χ4n) is 5.20. The maximum Gasteiger partial charge on any atom is 0.304 e. The van der Waals surface area contributed by atoms with Crippen LogP contribution in [0.2, 0.25) is 0 Å². The summed E-state index contributed by atoms with van der Waals surface area (Å²) in [5.41, 5.74) is 1.81. The lowest BCUT2D eigenvalue weighted by atomic mass is 9.94. The second-order valence-corrected chi connectivity index (χ2v) is 12.9. The molecule has 10 heteroatoms. The highest BCUT2D eigenvalue weighted by molar-refractivity contribution is 7.90. The fourth-order valence-corrected chi connectivity index (χ4v) is 6.25. The molecule has 2 amide bonds. The van der Waals surface area contributed by atoms with Gasteiger partial charge in [-0.05, 0) is 48.2 Å². The first-order valence-electron chi connectivity index (χ1n) is 14.3. The van der Waals surface area contributed by atoms with E-state index in [1.807, 2.05) is 30.3 Å². The van der Waals surface area contributed by atoms with Crippen molar-refractivity contribution < 1.29 is 22.4 Å². The van der Waals surface area contributed by atoms with Crippen LogP contribution in [0.3, 0.4) is 0 Å². The summed E-state index contributed by atoms with van der Waals surface area (Å²) in [5, 5.41) is 3.17. The van der Waals surface area contributed by atoms with Crippen molar-refractivity contribution in [3.8, 4) is 0 Å². The van der Waals surface area contributed by atoms with Gasteiger partial charge in [-0.25, -0.2) is 8.70 Å². The Morgan fingerprint density at radius 3 is 2.05 bits per heavy atom. The maximum atomic E-state index is 14.2. The number of benzene rings is 3. The Balaban J connectivity index is 1.73. The minimum atomic E-state index is -4.06. The van der Waals surface area contributed by atoms with Gasteiger partial charge < -0.3 is 10.2 Å². The maximum absolute atomic E-state index is 14.2. The minimum Gasteiger partial charge on any atom is -0.352 e. The number of hydrogen-bond donors (Lipinski definition) is 1. The van der Waals surface area contributed by atoms with Gasteiger partial charge in [0.2, 0.25) is 11.8 Å². The van der Waals surface area contributed by atoms with Gasteiger partial charge in [-0.15, -0.1) is 0 Å². The van der Waals surface area contributed by atoms with E-state index in [9.17, 15) is 22.4 Å². The molecule has 224 valence electrons. The summed E-state index contributed by atoms with van der Waals surface area (Å²) in [7, 11) is -1.25. The van der Waals surface area contributed by atoms with Gasteiger partial charge in [-0.3, -0.25) is 9.59 Å². The number of nitrogens with one attached hydrogen (secondary N) is 1. The molecular weight excluding hydrogens is 555 g/mol. The Kier molecular flexibility index (Phi) is 10.7. The normalized spacial score (nSPS) is 14.8. The Bertz CT molecular complexity index is 1410. The van der Waals surface area contributed by atoms with Crippen LogP contribution >= 0.6 is 0 Å². The molecule has 1 fully saturated rings. The molecular formula is C32H39FN4O4S. The van der Waals surface area contributed by atoms with Crippen LogP contribution in [0.25, 0.3) is 0 Å². The van der Waals surface area contributed by atoms with E-state index in [2.05, 4.69) is 5.32 Å². The number of carbonyl (C=O) groups excluding carboxylic acids is 2. The lowest BCUT2D eigenvalue weighted by Crippen LogP contribution is -2.55. The zero-order valence-corrected chi connectivity index (χ0v) is 25.0. The number of nitrogens with zero attached hydrogens (tertiary/aromatic N) is 3. The molecule has 0 unspecified atom stereocenters. The number of hydrogen-bond acceptors (Lipinski definition) is 4. The summed E-state index contributed by atoms with van der Waals surface area (Å²) in [4.78, 5) is 29.6. The van der Waals surface area contributed by atoms with E-state index >= 15 is 0 Å². The molecule has 1 saturated carbocycles. The Morgan fingerprint density at radius 1 is 0.857 bits per heavy atom. The molecule has 8 nitrogen and oxygen atoms in total. The highest BCUT2D eigenvalue weighted by Gasteiger charge is 2.35. The number of anilines is 1. The van der Waals surface area contributed by atoms with Crippen molar-refractivity contribution in [2.45, 2.75) is 57.2 Å². The summed E-state index contributed by atoms with van der Waals surface area (Å²) >= 11 is 0. The van der Waals surface area contributed by atoms with Crippen LogP contribution in [-0.4, -0.2) is 62.2 Å². The van der Waals surface area contributed by atoms with Crippen LogP contribution in [0.15, 0.2) is 84.9 Å².